The SMILES string of the molecule is O=C1CCc2c(Oc3ccc(O)c(C4C5CC54NC(=O)NC4CCCCC4)c3)ccnc2N1. The molecule has 172 valence electrons. The predicted molar refractivity (Wildman–Crippen MR) is 121 cm³/mol. The van der Waals surface area contributed by atoms with E-state index in [2.05, 4.69) is 20.9 Å². The minimum Gasteiger partial charge on any atom is -0.508 e. The Morgan fingerprint density at radius 2 is 2.03 bits per heavy atom. The maximum absolute atomic E-state index is 12.6. The van der Waals surface area contributed by atoms with Crippen LogP contribution in [0.5, 0.6) is 17.2 Å². The largest absolute Gasteiger partial charge is 0.508 e. The number of benzene rings is 1. The Labute approximate surface area is 192 Å². The van der Waals surface area contributed by atoms with Crippen molar-refractivity contribution in [3.63, 3.8) is 0 Å². The first kappa shape index (κ1) is 20.3. The van der Waals surface area contributed by atoms with Gasteiger partial charge in [-0.3, -0.25) is 4.79 Å². The first-order valence-corrected chi connectivity index (χ1v) is 11.9. The summed E-state index contributed by atoms with van der Waals surface area (Å²) in [5.41, 5.74) is 1.44. The molecule has 3 fully saturated rings. The Morgan fingerprint density at radius 1 is 1.18 bits per heavy atom. The summed E-state index contributed by atoms with van der Waals surface area (Å²) in [6.07, 6.45) is 9.23. The van der Waals surface area contributed by atoms with Gasteiger partial charge in [-0.1, -0.05) is 19.3 Å². The summed E-state index contributed by atoms with van der Waals surface area (Å²) in [5, 5.41) is 19.6. The van der Waals surface area contributed by atoms with Crippen molar-refractivity contribution in [2.24, 2.45) is 5.92 Å². The number of hydrogen-bond donors (Lipinski definition) is 4. The van der Waals surface area contributed by atoms with Gasteiger partial charge in [0.05, 0.1) is 5.54 Å². The van der Waals surface area contributed by atoms with E-state index in [0.29, 0.717) is 36.1 Å². The third-order valence-electron chi connectivity index (χ3n) is 7.63. The molecular weight excluding hydrogens is 420 g/mol. The molecule has 3 aliphatic carbocycles. The van der Waals surface area contributed by atoms with Crippen LogP contribution in [0.15, 0.2) is 30.5 Å². The van der Waals surface area contributed by atoms with E-state index in [1.54, 1.807) is 24.4 Å². The normalized spacial score (nSPS) is 27.6. The van der Waals surface area contributed by atoms with Gasteiger partial charge in [0.2, 0.25) is 5.91 Å². The van der Waals surface area contributed by atoms with Gasteiger partial charge in [-0.05, 0) is 55.9 Å². The fourth-order valence-electron chi connectivity index (χ4n) is 5.63. The number of anilines is 1. The Kier molecular flexibility index (Phi) is 4.71. The van der Waals surface area contributed by atoms with Gasteiger partial charge in [-0.25, -0.2) is 9.78 Å². The van der Waals surface area contributed by atoms with Crippen LogP contribution < -0.4 is 20.7 Å². The fourth-order valence-corrected chi connectivity index (χ4v) is 5.63. The van der Waals surface area contributed by atoms with E-state index in [4.69, 9.17) is 4.74 Å². The quantitative estimate of drug-likeness (QED) is 0.553. The van der Waals surface area contributed by atoms with Crippen LogP contribution >= 0.6 is 0 Å². The van der Waals surface area contributed by atoms with E-state index in [0.717, 1.165) is 30.4 Å². The molecule has 4 N–H and O–H groups in total. The third kappa shape index (κ3) is 3.67. The highest BCUT2D eigenvalue weighted by Crippen LogP contribution is 2.77. The number of hydrogen-bond acceptors (Lipinski definition) is 5. The highest BCUT2D eigenvalue weighted by molar-refractivity contribution is 5.93. The maximum atomic E-state index is 12.6. The molecule has 0 bridgehead atoms. The van der Waals surface area contributed by atoms with E-state index in [1.807, 2.05) is 6.07 Å². The summed E-state index contributed by atoms with van der Waals surface area (Å²) in [5.74, 6) is 2.44. The van der Waals surface area contributed by atoms with Gasteiger partial charge in [0.25, 0.3) is 0 Å². The lowest BCUT2D eigenvalue weighted by atomic mass is 9.96. The summed E-state index contributed by atoms with van der Waals surface area (Å²) in [7, 11) is 0. The highest BCUT2D eigenvalue weighted by Gasteiger charge is 2.80. The van der Waals surface area contributed by atoms with Crippen molar-refractivity contribution in [2.45, 2.75) is 68.9 Å². The molecule has 3 saturated carbocycles. The zero-order valence-electron chi connectivity index (χ0n) is 18.4. The molecule has 0 radical (unpaired) electrons. The Hall–Kier alpha value is -3.29. The summed E-state index contributed by atoms with van der Waals surface area (Å²) in [6, 6.07) is 7.21. The van der Waals surface area contributed by atoms with Gasteiger partial charge in [0.1, 0.15) is 23.1 Å². The fraction of sp³-hybridized carbons (Fsp3) is 0.480. The Balaban J connectivity index is 1.15. The molecule has 3 atom stereocenters. The van der Waals surface area contributed by atoms with Gasteiger partial charge in [0.15, 0.2) is 0 Å². The molecule has 1 aliphatic heterocycles. The molecule has 1 aromatic carbocycles. The van der Waals surface area contributed by atoms with Crippen LogP contribution in [0.25, 0.3) is 0 Å². The standard InChI is InChI=1S/C25H28N4O4/c30-19-8-6-15(33-20-10-11-26-23-16(20)7-9-21(31)28-23)12-17(19)22-18-13-25(18,22)29-24(32)27-14-4-2-1-3-5-14/h6,8,10-12,14,18,22,30H,1-5,7,9,13H2,(H,26,28,31)(H2,27,29,32). The number of carbonyl (C=O) groups is 2. The van der Waals surface area contributed by atoms with Gasteiger partial charge in [-0.15, -0.1) is 0 Å². The number of urea groups is 1. The predicted octanol–water partition coefficient (Wildman–Crippen LogP) is 3.95. The topological polar surface area (TPSA) is 113 Å². The van der Waals surface area contributed by atoms with E-state index in [9.17, 15) is 14.7 Å². The van der Waals surface area contributed by atoms with Crippen LogP contribution in [0.4, 0.5) is 10.6 Å². The molecule has 4 aliphatic rings. The van der Waals surface area contributed by atoms with Crippen molar-refractivity contribution >= 4 is 17.8 Å². The zero-order valence-corrected chi connectivity index (χ0v) is 18.4. The molecular formula is C25H28N4O4. The van der Waals surface area contributed by atoms with Crippen LogP contribution in [0.1, 0.15) is 62.0 Å². The molecule has 33 heavy (non-hydrogen) atoms. The number of aromatic hydroxyl groups is 1. The second-order valence-electron chi connectivity index (χ2n) is 9.77. The molecule has 2 aromatic rings. The minimum atomic E-state index is -0.241. The number of nitrogens with one attached hydrogen (secondary N) is 3. The lowest BCUT2D eigenvalue weighted by Gasteiger charge is -2.24. The first-order chi connectivity index (χ1) is 16.0. The summed E-state index contributed by atoms with van der Waals surface area (Å²) >= 11 is 0. The van der Waals surface area contributed by atoms with Crippen LogP contribution in [0, 0.1) is 5.92 Å². The van der Waals surface area contributed by atoms with Crippen molar-refractivity contribution in [1.29, 1.82) is 0 Å². The molecule has 0 spiro atoms. The summed E-state index contributed by atoms with van der Waals surface area (Å²) in [6.45, 7) is 0. The molecule has 2 heterocycles. The number of phenolic OH excluding ortho intramolecular Hbond substituents is 1. The van der Waals surface area contributed by atoms with E-state index in [1.165, 1.54) is 19.3 Å². The second-order valence-corrected chi connectivity index (χ2v) is 9.77. The first-order valence-electron chi connectivity index (χ1n) is 11.9. The molecule has 6 rings (SSSR count). The number of phenols is 1. The van der Waals surface area contributed by atoms with Crippen molar-refractivity contribution in [3.8, 4) is 17.2 Å². The van der Waals surface area contributed by atoms with Crippen molar-refractivity contribution in [2.75, 3.05) is 5.32 Å². The summed E-state index contributed by atoms with van der Waals surface area (Å²) in [4.78, 5) is 28.5. The smallest absolute Gasteiger partial charge is 0.315 e. The Morgan fingerprint density at radius 3 is 2.85 bits per heavy atom. The lowest BCUT2D eigenvalue weighted by Crippen LogP contribution is -2.46. The summed E-state index contributed by atoms with van der Waals surface area (Å²) < 4.78 is 6.15. The highest BCUT2D eigenvalue weighted by atomic mass is 16.5. The second kappa shape index (κ2) is 7.64. The van der Waals surface area contributed by atoms with Crippen LogP contribution in [0.2, 0.25) is 0 Å². The number of fused-ring (bicyclic) bond motifs is 2. The number of nitrogens with zero attached hydrogens (tertiary/aromatic N) is 1. The number of amides is 3. The maximum Gasteiger partial charge on any atom is 0.315 e. The van der Waals surface area contributed by atoms with Gasteiger partial charge in [-0.2, -0.15) is 0 Å². The van der Waals surface area contributed by atoms with Crippen molar-refractivity contribution in [3.05, 3.63) is 41.6 Å². The van der Waals surface area contributed by atoms with Gasteiger partial charge < -0.3 is 25.8 Å². The van der Waals surface area contributed by atoms with Crippen molar-refractivity contribution < 1.29 is 19.4 Å². The van der Waals surface area contributed by atoms with Crippen LogP contribution in [-0.4, -0.2) is 33.6 Å². The van der Waals surface area contributed by atoms with E-state index >= 15 is 0 Å². The lowest BCUT2D eigenvalue weighted by molar-refractivity contribution is -0.116. The van der Waals surface area contributed by atoms with Crippen molar-refractivity contribution in [1.82, 2.24) is 15.6 Å². The molecule has 8 nitrogen and oxygen atoms in total. The monoisotopic (exact) mass is 448 g/mol. The molecule has 3 unspecified atom stereocenters. The van der Waals surface area contributed by atoms with E-state index < -0.39 is 0 Å². The average Bonchev–Trinajstić information content (AvgIpc) is 3.66. The number of rotatable bonds is 5. The third-order valence-corrected chi connectivity index (χ3v) is 7.63. The molecule has 0 saturated heterocycles. The number of ether oxygens (including phenoxy) is 1. The molecule has 3 amide bonds. The Bertz CT molecular complexity index is 1130. The van der Waals surface area contributed by atoms with Gasteiger partial charge in [0, 0.05) is 35.7 Å². The zero-order chi connectivity index (χ0) is 22.6. The molecule has 1 aromatic heterocycles. The number of carbonyl (C=O) groups excluding carboxylic acids is 2. The number of aromatic nitrogens is 1. The van der Waals surface area contributed by atoms with E-state index in [-0.39, 0.29) is 35.2 Å². The molecule has 8 heteroatoms. The number of pyridine rings is 1. The van der Waals surface area contributed by atoms with Crippen LogP contribution in [0.3, 0.4) is 0 Å². The van der Waals surface area contributed by atoms with Crippen LogP contribution in [-0.2, 0) is 11.2 Å². The van der Waals surface area contributed by atoms with Gasteiger partial charge >= 0.3 is 6.03 Å². The minimum absolute atomic E-state index is 0.0441. The average molecular weight is 449 g/mol.